The Morgan fingerprint density at radius 2 is 1.89 bits per heavy atom. The molecule has 2 fully saturated rings. The molecular formula is C15H20Br2O2. The maximum absolute atomic E-state index is 6.26. The summed E-state index contributed by atoms with van der Waals surface area (Å²) in [7, 11) is 0. The van der Waals surface area contributed by atoms with Crippen molar-refractivity contribution in [3.05, 3.63) is 12.2 Å². The van der Waals surface area contributed by atoms with E-state index in [2.05, 4.69) is 44.7 Å². The van der Waals surface area contributed by atoms with E-state index >= 15 is 0 Å². The van der Waals surface area contributed by atoms with Crippen LogP contribution in [0.2, 0.25) is 0 Å². The van der Waals surface area contributed by atoms with Crippen LogP contribution in [-0.4, -0.2) is 34.1 Å². The van der Waals surface area contributed by atoms with Crippen molar-refractivity contribution in [3.63, 3.8) is 0 Å². The molecule has 2 nitrogen and oxygen atoms in total. The molecule has 0 spiro atoms. The summed E-state index contributed by atoms with van der Waals surface area (Å²) in [5, 5.41) is 0. The van der Waals surface area contributed by atoms with Crippen LogP contribution in [0.15, 0.2) is 12.2 Å². The van der Waals surface area contributed by atoms with E-state index in [4.69, 9.17) is 15.9 Å². The highest BCUT2D eigenvalue weighted by Crippen LogP contribution is 2.38. The normalized spacial score (nSPS) is 42.8. The molecule has 0 saturated carbocycles. The fourth-order valence-electron chi connectivity index (χ4n) is 2.78. The Labute approximate surface area is 132 Å². The minimum absolute atomic E-state index is 0.126. The van der Waals surface area contributed by atoms with Crippen molar-refractivity contribution in [2.75, 3.05) is 0 Å². The highest BCUT2D eigenvalue weighted by atomic mass is 79.9. The highest BCUT2D eigenvalue weighted by Gasteiger charge is 2.43. The van der Waals surface area contributed by atoms with Gasteiger partial charge in [0.2, 0.25) is 0 Å². The predicted molar refractivity (Wildman–Crippen MR) is 84.9 cm³/mol. The third kappa shape index (κ3) is 3.85. The van der Waals surface area contributed by atoms with E-state index < -0.39 is 0 Å². The predicted octanol–water partition coefficient (Wildman–Crippen LogP) is 3.82. The van der Waals surface area contributed by atoms with Gasteiger partial charge in [-0.1, -0.05) is 50.8 Å². The third-order valence-corrected chi connectivity index (χ3v) is 5.75. The van der Waals surface area contributed by atoms with E-state index in [1.54, 1.807) is 6.08 Å². The molecule has 19 heavy (non-hydrogen) atoms. The second kappa shape index (κ2) is 7.26. The van der Waals surface area contributed by atoms with Gasteiger partial charge in [0, 0.05) is 16.1 Å². The van der Waals surface area contributed by atoms with Crippen molar-refractivity contribution in [1.82, 2.24) is 0 Å². The van der Waals surface area contributed by atoms with E-state index in [0.29, 0.717) is 9.65 Å². The second-order valence-corrected chi connectivity index (χ2v) is 7.49. The maximum Gasteiger partial charge on any atom is 0.0876 e. The summed E-state index contributed by atoms with van der Waals surface area (Å²) in [6.45, 7) is 2.17. The molecule has 4 heteroatoms. The monoisotopic (exact) mass is 390 g/mol. The SMILES string of the molecule is C#C/C=C/CC1OC2C[C@@H]1O[C@H](CC)[C@@H](Br)C[C@@H]2Br. The lowest BCUT2D eigenvalue weighted by atomic mass is 9.99. The van der Waals surface area contributed by atoms with Gasteiger partial charge in [-0.15, -0.1) is 6.42 Å². The molecule has 0 amide bonds. The topological polar surface area (TPSA) is 18.5 Å². The van der Waals surface area contributed by atoms with Crippen molar-refractivity contribution in [1.29, 1.82) is 0 Å². The molecule has 0 aromatic carbocycles. The minimum Gasteiger partial charge on any atom is -0.371 e. The number of hydrogen-bond donors (Lipinski definition) is 0. The summed E-state index contributed by atoms with van der Waals surface area (Å²) in [4.78, 5) is 0.773. The van der Waals surface area contributed by atoms with Gasteiger partial charge in [-0.2, -0.15) is 0 Å². The Hall–Kier alpha value is 0.180. The van der Waals surface area contributed by atoms with E-state index in [0.717, 1.165) is 25.7 Å². The molecule has 0 radical (unpaired) electrons. The van der Waals surface area contributed by atoms with Gasteiger partial charge < -0.3 is 9.47 Å². The molecule has 2 saturated heterocycles. The molecular weight excluding hydrogens is 372 g/mol. The van der Waals surface area contributed by atoms with Crippen LogP contribution < -0.4 is 0 Å². The Kier molecular flexibility index (Phi) is 5.95. The molecule has 2 aliphatic rings. The molecule has 2 unspecified atom stereocenters. The van der Waals surface area contributed by atoms with Crippen LogP contribution in [0.4, 0.5) is 0 Å². The van der Waals surface area contributed by atoms with Gasteiger partial charge in [-0.3, -0.25) is 0 Å². The largest absolute Gasteiger partial charge is 0.371 e. The zero-order chi connectivity index (χ0) is 13.8. The van der Waals surface area contributed by atoms with E-state index in [-0.39, 0.29) is 24.4 Å². The van der Waals surface area contributed by atoms with Crippen molar-refractivity contribution >= 4 is 31.9 Å². The first-order chi connectivity index (χ1) is 9.15. The van der Waals surface area contributed by atoms with Crippen LogP contribution in [0.5, 0.6) is 0 Å². The van der Waals surface area contributed by atoms with Gasteiger partial charge in [0.05, 0.1) is 24.4 Å². The molecule has 0 N–H and O–H groups in total. The number of allylic oxidation sites excluding steroid dienone is 1. The van der Waals surface area contributed by atoms with Crippen LogP contribution in [0.3, 0.4) is 0 Å². The van der Waals surface area contributed by atoms with E-state index in [9.17, 15) is 0 Å². The number of alkyl halides is 2. The number of ether oxygens (including phenoxy) is 2. The van der Waals surface area contributed by atoms with Gasteiger partial charge in [0.25, 0.3) is 0 Å². The van der Waals surface area contributed by atoms with Gasteiger partial charge in [-0.05, 0) is 25.3 Å². The molecule has 6 atom stereocenters. The first kappa shape index (κ1) is 15.6. The van der Waals surface area contributed by atoms with Gasteiger partial charge in [0.1, 0.15) is 0 Å². The summed E-state index contributed by atoms with van der Waals surface area (Å²) in [5.41, 5.74) is 0. The van der Waals surface area contributed by atoms with Crippen molar-refractivity contribution < 1.29 is 9.47 Å². The quantitative estimate of drug-likeness (QED) is 0.537. The minimum atomic E-state index is 0.126. The number of halogens is 2. The summed E-state index contributed by atoms with van der Waals surface area (Å²) in [5.74, 6) is 2.52. The lowest BCUT2D eigenvalue weighted by Gasteiger charge is -2.30. The molecule has 2 bridgehead atoms. The zero-order valence-corrected chi connectivity index (χ0v) is 14.3. The summed E-state index contributed by atoms with van der Waals surface area (Å²) >= 11 is 7.53. The van der Waals surface area contributed by atoms with Crippen molar-refractivity contribution in [2.24, 2.45) is 0 Å². The van der Waals surface area contributed by atoms with Crippen LogP contribution in [0.25, 0.3) is 0 Å². The van der Waals surface area contributed by atoms with Gasteiger partial charge >= 0.3 is 0 Å². The van der Waals surface area contributed by atoms with Crippen LogP contribution >= 0.6 is 31.9 Å². The highest BCUT2D eigenvalue weighted by molar-refractivity contribution is 9.10. The number of hydrogen-bond acceptors (Lipinski definition) is 2. The Balaban J connectivity index is 2.07. The Morgan fingerprint density at radius 3 is 2.58 bits per heavy atom. The first-order valence-electron chi connectivity index (χ1n) is 6.85. The van der Waals surface area contributed by atoms with E-state index in [1.165, 1.54) is 0 Å². The zero-order valence-electron chi connectivity index (χ0n) is 11.1. The summed E-state index contributed by atoms with van der Waals surface area (Å²) in [6.07, 6.45) is 13.6. The van der Waals surface area contributed by atoms with Gasteiger partial charge in [0.15, 0.2) is 0 Å². The molecule has 2 rings (SSSR count). The lowest BCUT2D eigenvalue weighted by Crippen LogP contribution is -2.36. The Morgan fingerprint density at radius 1 is 1.16 bits per heavy atom. The summed E-state index contributed by atoms with van der Waals surface area (Å²) in [6, 6.07) is 0. The molecule has 0 aromatic heterocycles. The van der Waals surface area contributed by atoms with Crippen LogP contribution in [0, 0.1) is 12.3 Å². The fourth-order valence-corrected chi connectivity index (χ4v) is 4.93. The van der Waals surface area contributed by atoms with Crippen molar-refractivity contribution in [2.45, 2.75) is 66.7 Å². The second-order valence-electron chi connectivity index (χ2n) is 5.14. The molecule has 2 aliphatic heterocycles. The molecule has 0 aromatic rings. The lowest BCUT2D eigenvalue weighted by molar-refractivity contribution is -0.0499. The van der Waals surface area contributed by atoms with Crippen LogP contribution in [0.1, 0.15) is 32.6 Å². The van der Waals surface area contributed by atoms with E-state index in [1.807, 2.05) is 6.08 Å². The molecule has 2 heterocycles. The summed E-state index contributed by atoms with van der Waals surface area (Å²) < 4.78 is 12.4. The average Bonchev–Trinajstić information content (AvgIpc) is 2.79. The Bertz CT molecular complexity index is 364. The number of fused-ring (bicyclic) bond motifs is 2. The maximum atomic E-state index is 6.26. The van der Waals surface area contributed by atoms with Crippen LogP contribution in [-0.2, 0) is 9.47 Å². The molecule has 106 valence electrons. The molecule has 0 aliphatic carbocycles. The average molecular weight is 392 g/mol. The number of rotatable bonds is 3. The third-order valence-electron chi connectivity index (χ3n) is 3.82. The fraction of sp³-hybridized carbons (Fsp3) is 0.733. The first-order valence-corrected chi connectivity index (χ1v) is 8.69. The standard InChI is InChI=1S/C15H20Br2O2/c1-3-5-6-7-13-15-9-14(19-13)11(17)8-10(16)12(4-2)18-15/h1,5-6,10-15H,4,7-9H2,2H3/b6-5+/t10-,11-,12+,13?,14?,15-/m0/s1. The van der Waals surface area contributed by atoms with Crippen molar-refractivity contribution in [3.8, 4) is 12.3 Å². The smallest absolute Gasteiger partial charge is 0.0876 e. The van der Waals surface area contributed by atoms with Gasteiger partial charge in [-0.25, -0.2) is 0 Å². The number of terminal acetylenes is 1.